The lowest BCUT2D eigenvalue weighted by atomic mass is 10.1. The molecular weight excluding hydrogens is 283 g/mol. The van der Waals surface area contributed by atoms with Crippen LogP contribution in [-0.4, -0.2) is 10.9 Å². The van der Waals surface area contributed by atoms with Crippen molar-refractivity contribution in [1.29, 1.82) is 0 Å². The molecule has 0 aliphatic heterocycles. The van der Waals surface area contributed by atoms with Crippen molar-refractivity contribution in [2.45, 2.75) is 13.8 Å². The van der Waals surface area contributed by atoms with Gasteiger partial charge in [0.05, 0.1) is 5.69 Å². The molecule has 3 nitrogen and oxygen atoms in total. The second kappa shape index (κ2) is 5.59. The van der Waals surface area contributed by atoms with E-state index < -0.39 is 0 Å². The summed E-state index contributed by atoms with van der Waals surface area (Å²) in [5, 5.41) is 3.24. The molecule has 0 atom stereocenters. The number of pyridine rings is 1. The van der Waals surface area contributed by atoms with Gasteiger partial charge in [-0.25, -0.2) is 4.98 Å². The van der Waals surface area contributed by atoms with Gasteiger partial charge >= 0.3 is 0 Å². The van der Waals surface area contributed by atoms with Crippen molar-refractivity contribution in [2.24, 2.45) is 0 Å². The van der Waals surface area contributed by atoms with Gasteiger partial charge in [0, 0.05) is 5.56 Å². The van der Waals surface area contributed by atoms with Crippen molar-refractivity contribution < 1.29 is 4.79 Å². The SMILES string of the molecule is Cc1ccc(C(=O)Nc2c(C)cc(Cl)nc2Cl)cc1. The maximum absolute atomic E-state index is 12.1. The molecule has 0 fully saturated rings. The summed E-state index contributed by atoms with van der Waals surface area (Å²) >= 11 is 11.8. The van der Waals surface area contributed by atoms with Crippen molar-refractivity contribution in [1.82, 2.24) is 4.98 Å². The number of carbonyl (C=O) groups is 1. The minimum atomic E-state index is -0.228. The van der Waals surface area contributed by atoms with Crippen LogP contribution in [-0.2, 0) is 0 Å². The number of nitrogens with zero attached hydrogens (tertiary/aromatic N) is 1. The quantitative estimate of drug-likeness (QED) is 0.841. The Balaban J connectivity index is 2.26. The molecule has 1 amide bonds. The molecule has 0 unspecified atom stereocenters. The van der Waals surface area contributed by atoms with Crippen LogP contribution in [0.15, 0.2) is 30.3 Å². The van der Waals surface area contributed by atoms with Crippen LogP contribution >= 0.6 is 23.2 Å². The number of carbonyl (C=O) groups excluding carboxylic acids is 1. The first kappa shape index (κ1) is 13.8. The zero-order chi connectivity index (χ0) is 14.0. The van der Waals surface area contributed by atoms with Crippen LogP contribution in [0.2, 0.25) is 10.3 Å². The number of hydrogen-bond donors (Lipinski definition) is 1. The largest absolute Gasteiger partial charge is 0.319 e. The topological polar surface area (TPSA) is 42.0 Å². The van der Waals surface area contributed by atoms with Gasteiger partial charge in [0.15, 0.2) is 5.15 Å². The van der Waals surface area contributed by atoms with E-state index in [9.17, 15) is 4.79 Å². The second-order valence-electron chi connectivity index (χ2n) is 4.25. The Labute approximate surface area is 121 Å². The molecule has 0 aliphatic rings. The van der Waals surface area contributed by atoms with E-state index in [0.29, 0.717) is 16.4 Å². The van der Waals surface area contributed by atoms with Gasteiger partial charge in [-0.3, -0.25) is 4.79 Å². The smallest absolute Gasteiger partial charge is 0.255 e. The molecule has 2 aromatic rings. The fourth-order valence-corrected chi connectivity index (χ4v) is 2.22. The number of rotatable bonds is 2. The molecule has 19 heavy (non-hydrogen) atoms. The number of benzene rings is 1. The van der Waals surface area contributed by atoms with Crippen LogP contribution in [0.3, 0.4) is 0 Å². The molecule has 0 spiro atoms. The van der Waals surface area contributed by atoms with Crippen molar-refractivity contribution >= 4 is 34.8 Å². The maximum atomic E-state index is 12.1. The summed E-state index contributed by atoms with van der Waals surface area (Å²) in [4.78, 5) is 16.0. The summed E-state index contributed by atoms with van der Waals surface area (Å²) in [6.45, 7) is 3.77. The summed E-state index contributed by atoms with van der Waals surface area (Å²) < 4.78 is 0. The Morgan fingerprint density at radius 2 is 1.79 bits per heavy atom. The van der Waals surface area contributed by atoms with Crippen LogP contribution in [0.25, 0.3) is 0 Å². The Hall–Kier alpha value is -1.58. The summed E-state index contributed by atoms with van der Waals surface area (Å²) in [7, 11) is 0. The van der Waals surface area contributed by atoms with Gasteiger partial charge < -0.3 is 5.32 Å². The Kier molecular flexibility index (Phi) is 4.08. The summed E-state index contributed by atoms with van der Waals surface area (Å²) in [6.07, 6.45) is 0. The lowest BCUT2D eigenvalue weighted by Gasteiger charge is -2.10. The summed E-state index contributed by atoms with van der Waals surface area (Å²) in [6, 6.07) is 8.93. The summed E-state index contributed by atoms with van der Waals surface area (Å²) in [5.74, 6) is -0.228. The third kappa shape index (κ3) is 3.25. The van der Waals surface area contributed by atoms with E-state index in [0.717, 1.165) is 11.1 Å². The molecule has 1 aromatic carbocycles. The van der Waals surface area contributed by atoms with E-state index in [-0.39, 0.29) is 11.1 Å². The third-order valence-electron chi connectivity index (χ3n) is 2.69. The molecule has 5 heteroatoms. The predicted octanol–water partition coefficient (Wildman–Crippen LogP) is 4.26. The fraction of sp³-hybridized carbons (Fsp3) is 0.143. The van der Waals surface area contributed by atoms with Crippen LogP contribution < -0.4 is 5.32 Å². The van der Waals surface area contributed by atoms with E-state index >= 15 is 0 Å². The van der Waals surface area contributed by atoms with Crippen molar-refractivity contribution in [3.05, 3.63) is 57.3 Å². The van der Waals surface area contributed by atoms with Gasteiger partial charge in [0.25, 0.3) is 5.91 Å². The lowest BCUT2D eigenvalue weighted by molar-refractivity contribution is 0.102. The molecule has 98 valence electrons. The maximum Gasteiger partial charge on any atom is 0.255 e. The fourth-order valence-electron chi connectivity index (χ4n) is 1.64. The van der Waals surface area contributed by atoms with Gasteiger partial charge in [0.2, 0.25) is 0 Å². The highest BCUT2D eigenvalue weighted by Crippen LogP contribution is 2.26. The molecule has 0 bridgehead atoms. The van der Waals surface area contributed by atoms with Gasteiger partial charge in [-0.05, 0) is 37.6 Å². The molecule has 0 saturated heterocycles. The molecule has 1 N–H and O–H groups in total. The van der Waals surface area contributed by atoms with Crippen LogP contribution in [0, 0.1) is 13.8 Å². The molecule has 1 heterocycles. The highest BCUT2D eigenvalue weighted by Gasteiger charge is 2.12. The Bertz CT molecular complexity index is 601. The average Bonchev–Trinajstić information content (AvgIpc) is 2.34. The molecule has 1 aromatic heterocycles. The molecular formula is C14H12Cl2N2O. The van der Waals surface area contributed by atoms with Crippen LogP contribution in [0.1, 0.15) is 21.5 Å². The number of amides is 1. The van der Waals surface area contributed by atoms with Crippen molar-refractivity contribution in [3.63, 3.8) is 0 Å². The van der Waals surface area contributed by atoms with E-state index in [1.807, 2.05) is 26.0 Å². The van der Waals surface area contributed by atoms with Crippen molar-refractivity contribution in [3.8, 4) is 0 Å². The monoisotopic (exact) mass is 294 g/mol. The minimum Gasteiger partial charge on any atom is -0.319 e. The van der Waals surface area contributed by atoms with Crippen LogP contribution in [0.5, 0.6) is 0 Å². The number of hydrogen-bond acceptors (Lipinski definition) is 2. The highest BCUT2D eigenvalue weighted by atomic mass is 35.5. The zero-order valence-corrected chi connectivity index (χ0v) is 12.0. The van der Waals surface area contributed by atoms with Gasteiger partial charge in [-0.1, -0.05) is 40.9 Å². The Morgan fingerprint density at radius 1 is 1.16 bits per heavy atom. The molecule has 0 aliphatic carbocycles. The molecule has 0 saturated carbocycles. The van der Waals surface area contributed by atoms with Gasteiger partial charge in [0.1, 0.15) is 5.15 Å². The zero-order valence-electron chi connectivity index (χ0n) is 10.5. The number of aryl methyl sites for hydroxylation is 2. The number of halogens is 2. The third-order valence-corrected chi connectivity index (χ3v) is 3.16. The van der Waals surface area contributed by atoms with Crippen LogP contribution in [0.4, 0.5) is 5.69 Å². The number of anilines is 1. The lowest BCUT2D eigenvalue weighted by Crippen LogP contribution is -2.13. The predicted molar refractivity (Wildman–Crippen MR) is 78.1 cm³/mol. The Morgan fingerprint density at radius 3 is 2.37 bits per heavy atom. The van der Waals surface area contributed by atoms with Gasteiger partial charge in [-0.2, -0.15) is 0 Å². The van der Waals surface area contributed by atoms with Crippen molar-refractivity contribution in [2.75, 3.05) is 5.32 Å². The minimum absolute atomic E-state index is 0.186. The average molecular weight is 295 g/mol. The van der Waals surface area contributed by atoms with E-state index in [1.54, 1.807) is 18.2 Å². The highest BCUT2D eigenvalue weighted by molar-refractivity contribution is 6.35. The first-order valence-electron chi connectivity index (χ1n) is 5.68. The molecule has 2 rings (SSSR count). The number of aromatic nitrogens is 1. The van der Waals surface area contributed by atoms with E-state index in [4.69, 9.17) is 23.2 Å². The summed E-state index contributed by atoms with van der Waals surface area (Å²) in [5.41, 5.74) is 2.91. The first-order chi connectivity index (χ1) is 8.97. The second-order valence-corrected chi connectivity index (χ2v) is 4.99. The molecule has 0 radical (unpaired) electrons. The normalized spacial score (nSPS) is 10.3. The van der Waals surface area contributed by atoms with E-state index in [1.165, 1.54) is 0 Å². The van der Waals surface area contributed by atoms with E-state index in [2.05, 4.69) is 10.3 Å². The standard InChI is InChI=1S/C14H12Cl2N2O/c1-8-3-5-10(6-4-8)14(19)18-12-9(2)7-11(15)17-13(12)16/h3-7H,1-2H3,(H,18,19). The van der Waals surface area contributed by atoms with Gasteiger partial charge in [-0.15, -0.1) is 0 Å². The first-order valence-corrected chi connectivity index (χ1v) is 6.43. The number of nitrogens with one attached hydrogen (secondary N) is 1.